The number of hydrogen-bond donors (Lipinski definition) is 2. The average molecular weight is 488 g/mol. The molecular weight excluding hydrogens is 453 g/mol. The topological polar surface area (TPSA) is 59.3 Å². The van der Waals surface area contributed by atoms with E-state index in [4.69, 9.17) is 4.74 Å². The summed E-state index contributed by atoms with van der Waals surface area (Å²) in [6.07, 6.45) is 9.38. The van der Waals surface area contributed by atoms with Crippen molar-refractivity contribution in [1.82, 2.24) is 14.9 Å². The largest absolute Gasteiger partial charge is 0.392 e. The van der Waals surface area contributed by atoms with E-state index in [0.29, 0.717) is 49.1 Å². The minimum atomic E-state index is -0.452. The van der Waals surface area contributed by atoms with E-state index >= 15 is 0 Å². The molecule has 4 unspecified atom stereocenters. The van der Waals surface area contributed by atoms with Crippen molar-refractivity contribution in [2.24, 2.45) is 23.2 Å². The van der Waals surface area contributed by atoms with E-state index in [9.17, 15) is 9.50 Å². The van der Waals surface area contributed by atoms with Gasteiger partial charge in [-0.3, -0.25) is 5.32 Å². The third kappa shape index (κ3) is 3.65. The van der Waals surface area contributed by atoms with Crippen molar-refractivity contribution < 1.29 is 14.2 Å². The fraction of sp³-hybridized carbons (Fsp3) is 0.500. The molecule has 0 amide bonds. The van der Waals surface area contributed by atoms with Crippen LogP contribution in [0.4, 0.5) is 4.39 Å². The zero-order valence-electron chi connectivity index (χ0n) is 20.5. The van der Waals surface area contributed by atoms with E-state index in [0.717, 1.165) is 30.5 Å². The minimum Gasteiger partial charge on any atom is -0.392 e. The van der Waals surface area contributed by atoms with Crippen molar-refractivity contribution in [1.29, 1.82) is 0 Å². The monoisotopic (exact) mass is 487 g/mol. The van der Waals surface area contributed by atoms with Gasteiger partial charge in [0, 0.05) is 17.2 Å². The molecule has 8 rings (SSSR count). The van der Waals surface area contributed by atoms with E-state index in [-0.39, 0.29) is 17.3 Å². The summed E-state index contributed by atoms with van der Waals surface area (Å²) < 4.78 is 23.0. The maximum absolute atomic E-state index is 15.0. The first-order valence-corrected chi connectivity index (χ1v) is 13.4. The number of hydrogen-bond acceptors (Lipinski definition) is 4. The molecule has 4 saturated carbocycles. The summed E-state index contributed by atoms with van der Waals surface area (Å²) in [5.41, 5.74) is 3.71. The molecule has 0 spiro atoms. The van der Waals surface area contributed by atoms with Gasteiger partial charge in [-0.1, -0.05) is 42.5 Å². The van der Waals surface area contributed by atoms with Crippen molar-refractivity contribution in [3.63, 3.8) is 0 Å². The Morgan fingerprint density at radius 1 is 1.08 bits per heavy atom. The van der Waals surface area contributed by atoms with Crippen molar-refractivity contribution >= 4 is 0 Å². The van der Waals surface area contributed by atoms with Gasteiger partial charge in [-0.25, -0.2) is 9.37 Å². The highest BCUT2D eigenvalue weighted by atomic mass is 19.1. The van der Waals surface area contributed by atoms with Gasteiger partial charge in [0.05, 0.1) is 43.7 Å². The number of nitrogens with one attached hydrogen (secondary N) is 1. The fourth-order valence-electron chi connectivity index (χ4n) is 8.42. The highest BCUT2D eigenvalue weighted by molar-refractivity contribution is 5.69. The first-order valence-electron chi connectivity index (χ1n) is 13.4. The second kappa shape index (κ2) is 8.79. The Morgan fingerprint density at radius 3 is 2.69 bits per heavy atom. The van der Waals surface area contributed by atoms with Gasteiger partial charge >= 0.3 is 0 Å². The van der Waals surface area contributed by atoms with Crippen LogP contribution in [0.1, 0.15) is 55.7 Å². The van der Waals surface area contributed by atoms with Crippen LogP contribution < -0.4 is 5.32 Å². The molecule has 1 aliphatic heterocycles. The lowest BCUT2D eigenvalue weighted by molar-refractivity contribution is -0.141. The van der Waals surface area contributed by atoms with Crippen LogP contribution in [0.15, 0.2) is 61.1 Å². The zero-order valence-corrected chi connectivity index (χ0v) is 20.5. The summed E-state index contributed by atoms with van der Waals surface area (Å²) in [4.78, 5) is 4.33. The van der Waals surface area contributed by atoms with Crippen molar-refractivity contribution in [3.8, 4) is 11.3 Å². The molecule has 36 heavy (non-hydrogen) atoms. The first kappa shape index (κ1) is 22.6. The van der Waals surface area contributed by atoms with Crippen molar-refractivity contribution in [3.05, 3.63) is 78.0 Å². The predicted octanol–water partition coefficient (Wildman–Crippen LogP) is 5.30. The van der Waals surface area contributed by atoms with Crippen LogP contribution in [0.25, 0.3) is 11.3 Å². The smallest absolute Gasteiger partial charge is 0.129 e. The van der Waals surface area contributed by atoms with Crippen LogP contribution in [-0.2, 0) is 11.3 Å². The molecule has 4 atom stereocenters. The Balaban J connectivity index is 1.04. The molecule has 0 radical (unpaired) electrons. The van der Waals surface area contributed by atoms with Gasteiger partial charge in [-0.15, -0.1) is 0 Å². The number of nitrogens with zero attached hydrogens (tertiary/aromatic N) is 2. The molecule has 2 N–H and O–H groups in total. The number of fused-ring (bicyclic) bond motifs is 3. The Bertz CT molecular complexity index is 1230. The first-order chi connectivity index (χ1) is 17.6. The Morgan fingerprint density at radius 2 is 1.89 bits per heavy atom. The number of halogens is 1. The van der Waals surface area contributed by atoms with Gasteiger partial charge in [-0.05, 0) is 73.3 Å². The van der Waals surface area contributed by atoms with Crippen LogP contribution in [0.3, 0.4) is 0 Å². The zero-order chi connectivity index (χ0) is 24.3. The van der Waals surface area contributed by atoms with Crippen LogP contribution in [0.5, 0.6) is 0 Å². The summed E-state index contributed by atoms with van der Waals surface area (Å²) >= 11 is 0. The third-order valence-electron chi connectivity index (χ3n) is 9.67. The molecule has 5 nitrogen and oxygen atoms in total. The molecule has 4 fully saturated rings. The number of rotatable bonds is 8. The molecule has 5 aliphatic rings. The molecule has 188 valence electrons. The van der Waals surface area contributed by atoms with Gasteiger partial charge in [-0.2, -0.15) is 0 Å². The summed E-state index contributed by atoms with van der Waals surface area (Å²) in [6, 6.07) is 15.8. The van der Waals surface area contributed by atoms with Crippen LogP contribution in [-0.4, -0.2) is 33.5 Å². The molecule has 0 saturated heterocycles. The molecule has 2 heterocycles. The standard InChI is InChI=1S/C30H34FN3O2/c31-24-8-4-7-23-26-15-32-17-34(26)25(28(23)24)11-27(35)30-12-20-9-21(13-30)29(22(10-20)14-30)33-18-36-16-19-5-2-1-3-6-19/h1-8,15,17,20-22,25,27,29,33,35H,9-14,16,18H2. The fourth-order valence-corrected chi connectivity index (χ4v) is 8.42. The van der Waals surface area contributed by atoms with Crippen molar-refractivity contribution in [2.45, 2.75) is 63.3 Å². The third-order valence-corrected chi connectivity index (χ3v) is 9.67. The molecule has 3 aromatic rings. The van der Waals surface area contributed by atoms with Crippen molar-refractivity contribution in [2.75, 3.05) is 6.73 Å². The number of aliphatic hydroxyl groups is 1. The number of ether oxygens (including phenoxy) is 1. The van der Waals surface area contributed by atoms with Gasteiger partial charge < -0.3 is 14.4 Å². The van der Waals surface area contributed by atoms with Gasteiger partial charge in [0.15, 0.2) is 0 Å². The molecule has 4 aliphatic carbocycles. The molecule has 6 heteroatoms. The summed E-state index contributed by atoms with van der Waals surface area (Å²) in [7, 11) is 0. The highest BCUT2D eigenvalue weighted by Crippen LogP contribution is 2.62. The molecule has 4 bridgehead atoms. The van der Waals surface area contributed by atoms with Gasteiger partial charge in [0.1, 0.15) is 5.82 Å². The Kier molecular flexibility index (Phi) is 5.53. The van der Waals surface area contributed by atoms with Crippen LogP contribution >= 0.6 is 0 Å². The summed E-state index contributed by atoms with van der Waals surface area (Å²) in [6.45, 7) is 1.19. The predicted molar refractivity (Wildman–Crippen MR) is 135 cm³/mol. The van der Waals surface area contributed by atoms with E-state index in [1.54, 1.807) is 18.5 Å². The SMILES string of the molecule is OC(CC1c2c(F)cccc2-c2cncn21)C12CC3CC(C1)C(NCOCc1ccccc1)C(C3)C2. The van der Waals surface area contributed by atoms with Crippen LogP contribution in [0.2, 0.25) is 0 Å². The molecule has 1 aromatic heterocycles. The minimum absolute atomic E-state index is 0.0612. The van der Waals surface area contributed by atoms with Gasteiger partial charge in [0.2, 0.25) is 0 Å². The van der Waals surface area contributed by atoms with E-state index in [1.165, 1.54) is 18.4 Å². The lowest BCUT2D eigenvalue weighted by atomic mass is 9.46. The van der Waals surface area contributed by atoms with E-state index in [2.05, 4.69) is 27.0 Å². The second-order valence-corrected chi connectivity index (χ2v) is 11.7. The lowest BCUT2D eigenvalue weighted by Gasteiger charge is -2.61. The second-order valence-electron chi connectivity index (χ2n) is 11.7. The Hall–Kier alpha value is -2.54. The summed E-state index contributed by atoms with van der Waals surface area (Å²) in [5.74, 6) is 1.65. The van der Waals surface area contributed by atoms with E-state index in [1.807, 2.05) is 30.5 Å². The van der Waals surface area contributed by atoms with Crippen LogP contribution in [0, 0.1) is 29.0 Å². The Labute approximate surface area is 211 Å². The summed E-state index contributed by atoms with van der Waals surface area (Å²) in [5, 5.41) is 15.5. The van der Waals surface area contributed by atoms with E-state index < -0.39 is 6.10 Å². The highest BCUT2D eigenvalue weighted by Gasteiger charge is 2.58. The number of aromatic nitrogens is 2. The average Bonchev–Trinajstić information content (AvgIpc) is 3.46. The number of imidazole rings is 1. The number of aliphatic hydroxyl groups excluding tert-OH is 1. The lowest BCUT2D eigenvalue weighted by Crippen LogP contribution is -2.61. The maximum Gasteiger partial charge on any atom is 0.129 e. The molecule has 2 aromatic carbocycles. The number of benzene rings is 2. The van der Waals surface area contributed by atoms with Gasteiger partial charge in [0.25, 0.3) is 0 Å². The normalized spacial score (nSPS) is 32.4. The quantitative estimate of drug-likeness (QED) is 0.334. The maximum atomic E-state index is 15.0. The molecular formula is C30H34FN3O2.